The van der Waals surface area contributed by atoms with Gasteiger partial charge < -0.3 is 4.57 Å². The van der Waals surface area contributed by atoms with Gasteiger partial charge in [-0.05, 0) is 11.6 Å². The minimum absolute atomic E-state index is 0.0402. The lowest BCUT2D eigenvalue weighted by atomic mass is 10.2. The van der Waals surface area contributed by atoms with Crippen molar-refractivity contribution in [1.82, 2.24) is 4.57 Å². The van der Waals surface area contributed by atoms with Gasteiger partial charge in [0.2, 0.25) is 0 Å². The lowest BCUT2D eigenvalue weighted by molar-refractivity contribution is 0.786. The molecule has 2 rings (SSSR count). The van der Waals surface area contributed by atoms with E-state index in [1.165, 1.54) is 5.56 Å². The molecule has 0 radical (unpaired) electrons. The maximum atomic E-state index is 10.9. The monoisotopic (exact) mass is 263 g/mol. The van der Waals surface area contributed by atoms with Gasteiger partial charge in [-0.25, -0.2) is 0 Å². The van der Waals surface area contributed by atoms with Crippen LogP contribution in [0, 0.1) is 0 Å². The summed E-state index contributed by atoms with van der Waals surface area (Å²) in [5, 5.41) is 0. The molecule has 0 saturated carbocycles. The molecule has 2 aromatic rings. The summed E-state index contributed by atoms with van der Waals surface area (Å²) in [6, 6.07) is 11.2. The molecule has 0 amide bonds. The highest BCUT2D eigenvalue weighted by molar-refractivity contribution is 9.10. The molecule has 2 nitrogen and oxygen atoms in total. The van der Waals surface area contributed by atoms with Crippen molar-refractivity contribution in [2.45, 2.75) is 6.54 Å². The van der Waals surface area contributed by atoms with Gasteiger partial charge in [0, 0.05) is 35.5 Å². The standard InChI is InChI=1S/C12H10BrNO/c13-12-4-2-1-3-10(12)9-14-7-5-11(15)6-8-14/h1-8H,9H2. The van der Waals surface area contributed by atoms with Crippen molar-refractivity contribution >= 4 is 15.9 Å². The van der Waals surface area contributed by atoms with Crippen molar-refractivity contribution in [3.05, 3.63) is 69.1 Å². The third kappa shape index (κ3) is 2.57. The van der Waals surface area contributed by atoms with E-state index in [1.54, 1.807) is 24.5 Å². The van der Waals surface area contributed by atoms with Crippen LogP contribution < -0.4 is 5.43 Å². The average molecular weight is 264 g/mol. The zero-order chi connectivity index (χ0) is 10.7. The molecule has 0 saturated heterocycles. The molecule has 15 heavy (non-hydrogen) atoms. The second-order valence-corrected chi connectivity index (χ2v) is 4.15. The number of nitrogens with zero attached hydrogens (tertiary/aromatic N) is 1. The fourth-order valence-corrected chi connectivity index (χ4v) is 1.78. The molecule has 0 unspecified atom stereocenters. The van der Waals surface area contributed by atoms with E-state index in [0.29, 0.717) is 0 Å². The van der Waals surface area contributed by atoms with Gasteiger partial charge in [0.25, 0.3) is 0 Å². The van der Waals surface area contributed by atoms with E-state index in [0.717, 1.165) is 11.0 Å². The second-order valence-electron chi connectivity index (χ2n) is 3.30. The fourth-order valence-electron chi connectivity index (χ4n) is 1.37. The minimum Gasteiger partial charge on any atom is -0.350 e. The molecule has 3 heteroatoms. The smallest absolute Gasteiger partial charge is 0.181 e. The van der Waals surface area contributed by atoms with E-state index >= 15 is 0 Å². The highest BCUT2D eigenvalue weighted by atomic mass is 79.9. The predicted octanol–water partition coefficient (Wildman–Crippen LogP) is 2.66. The summed E-state index contributed by atoms with van der Waals surface area (Å²) >= 11 is 3.49. The van der Waals surface area contributed by atoms with Crippen molar-refractivity contribution in [2.24, 2.45) is 0 Å². The van der Waals surface area contributed by atoms with Gasteiger partial charge in [0.15, 0.2) is 5.43 Å². The van der Waals surface area contributed by atoms with Crippen LogP contribution in [0.15, 0.2) is 58.1 Å². The Morgan fingerprint density at radius 2 is 1.73 bits per heavy atom. The normalized spacial score (nSPS) is 10.2. The van der Waals surface area contributed by atoms with E-state index in [4.69, 9.17) is 0 Å². The summed E-state index contributed by atoms with van der Waals surface area (Å²) in [5.74, 6) is 0. The van der Waals surface area contributed by atoms with Crippen LogP contribution in [0.25, 0.3) is 0 Å². The van der Waals surface area contributed by atoms with Crippen LogP contribution >= 0.6 is 15.9 Å². The Kier molecular flexibility index (Phi) is 3.02. The van der Waals surface area contributed by atoms with Gasteiger partial charge in [-0.1, -0.05) is 34.1 Å². The molecule has 1 heterocycles. The molecular formula is C12H10BrNO. The van der Waals surface area contributed by atoms with Gasteiger partial charge in [0.1, 0.15) is 0 Å². The second kappa shape index (κ2) is 4.45. The Bertz CT molecular complexity index is 499. The highest BCUT2D eigenvalue weighted by Crippen LogP contribution is 2.16. The van der Waals surface area contributed by atoms with Crippen LogP contribution in [-0.4, -0.2) is 4.57 Å². The third-order valence-electron chi connectivity index (χ3n) is 2.17. The molecule has 0 aliphatic heterocycles. The predicted molar refractivity (Wildman–Crippen MR) is 63.9 cm³/mol. The van der Waals surface area contributed by atoms with Crippen LogP contribution in [0.1, 0.15) is 5.56 Å². The van der Waals surface area contributed by atoms with Gasteiger partial charge >= 0.3 is 0 Å². The highest BCUT2D eigenvalue weighted by Gasteiger charge is 1.97. The summed E-state index contributed by atoms with van der Waals surface area (Å²) in [6.07, 6.45) is 3.59. The molecule has 0 atom stereocenters. The third-order valence-corrected chi connectivity index (χ3v) is 2.94. The minimum atomic E-state index is 0.0402. The van der Waals surface area contributed by atoms with E-state index in [2.05, 4.69) is 22.0 Å². The van der Waals surface area contributed by atoms with Crippen LogP contribution in [0.2, 0.25) is 0 Å². The number of hydrogen-bond acceptors (Lipinski definition) is 1. The lowest BCUT2D eigenvalue weighted by Crippen LogP contribution is -2.04. The SMILES string of the molecule is O=c1ccn(Cc2ccccc2Br)cc1. The van der Waals surface area contributed by atoms with Gasteiger partial charge in [0.05, 0.1) is 0 Å². The molecule has 76 valence electrons. The van der Waals surface area contributed by atoms with E-state index in [9.17, 15) is 4.79 Å². The molecule has 0 spiro atoms. The number of aromatic nitrogens is 1. The van der Waals surface area contributed by atoms with Gasteiger partial charge in [-0.2, -0.15) is 0 Å². The molecule has 0 bridgehead atoms. The fraction of sp³-hybridized carbons (Fsp3) is 0.0833. The molecule has 0 aliphatic carbocycles. The number of halogens is 1. The van der Waals surface area contributed by atoms with Crippen molar-refractivity contribution < 1.29 is 0 Å². The van der Waals surface area contributed by atoms with E-state index in [1.807, 2.05) is 22.8 Å². The van der Waals surface area contributed by atoms with E-state index < -0.39 is 0 Å². The molecule has 1 aromatic heterocycles. The van der Waals surface area contributed by atoms with E-state index in [-0.39, 0.29) is 5.43 Å². The first-order valence-corrected chi connectivity index (χ1v) is 5.44. The molecule has 0 N–H and O–H groups in total. The average Bonchev–Trinajstić information content (AvgIpc) is 2.25. The number of pyridine rings is 1. The van der Waals surface area contributed by atoms with Crippen LogP contribution in [0.5, 0.6) is 0 Å². The molecule has 1 aromatic carbocycles. The van der Waals surface area contributed by atoms with Gasteiger partial charge in [-0.3, -0.25) is 4.79 Å². The maximum Gasteiger partial charge on any atom is 0.181 e. The number of hydrogen-bond donors (Lipinski definition) is 0. The Morgan fingerprint density at radius 1 is 1.07 bits per heavy atom. The summed E-state index contributed by atoms with van der Waals surface area (Å²) < 4.78 is 3.06. The molecular weight excluding hydrogens is 254 g/mol. The van der Waals surface area contributed by atoms with Crippen LogP contribution in [-0.2, 0) is 6.54 Å². The van der Waals surface area contributed by atoms with Crippen LogP contribution in [0.3, 0.4) is 0 Å². The topological polar surface area (TPSA) is 22.0 Å². The Hall–Kier alpha value is -1.35. The largest absolute Gasteiger partial charge is 0.350 e. The zero-order valence-electron chi connectivity index (χ0n) is 8.06. The first kappa shape index (κ1) is 10.2. The Labute approximate surface area is 96.3 Å². The van der Waals surface area contributed by atoms with Crippen molar-refractivity contribution in [3.63, 3.8) is 0 Å². The van der Waals surface area contributed by atoms with Gasteiger partial charge in [-0.15, -0.1) is 0 Å². The van der Waals surface area contributed by atoms with Crippen molar-refractivity contribution in [2.75, 3.05) is 0 Å². The summed E-state index contributed by atoms with van der Waals surface area (Å²) in [4.78, 5) is 10.9. The summed E-state index contributed by atoms with van der Waals surface area (Å²) in [5.41, 5.74) is 1.24. The first-order chi connectivity index (χ1) is 7.25. The quantitative estimate of drug-likeness (QED) is 0.817. The van der Waals surface area contributed by atoms with Crippen LogP contribution in [0.4, 0.5) is 0 Å². The maximum absolute atomic E-state index is 10.9. The first-order valence-electron chi connectivity index (χ1n) is 4.65. The molecule has 0 fully saturated rings. The lowest BCUT2D eigenvalue weighted by Gasteiger charge is -2.07. The molecule has 0 aliphatic rings. The van der Waals surface area contributed by atoms with Crippen molar-refractivity contribution in [1.29, 1.82) is 0 Å². The Morgan fingerprint density at radius 3 is 2.40 bits per heavy atom. The number of rotatable bonds is 2. The van der Waals surface area contributed by atoms with Crippen molar-refractivity contribution in [3.8, 4) is 0 Å². The summed E-state index contributed by atoms with van der Waals surface area (Å²) in [7, 11) is 0. The Balaban J connectivity index is 2.26. The summed E-state index contributed by atoms with van der Waals surface area (Å²) in [6.45, 7) is 0.766. The zero-order valence-corrected chi connectivity index (χ0v) is 9.65. The number of benzene rings is 1.